The number of hydrogen-bond acceptors (Lipinski definition) is 2. The smallest absolute Gasteiger partial charge is 0.0412 e. The van der Waals surface area contributed by atoms with E-state index in [-0.39, 0.29) is 5.54 Å². The Morgan fingerprint density at radius 3 is 2.53 bits per heavy atom. The van der Waals surface area contributed by atoms with E-state index in [1.807, 2.05) is 0 Å². The fourth-order valence-electron chi connectivity index (χ4n) is 2.77. The highest BCUT2D eigenvalue weighted by Crippen LogP contribution is 2.25. The first-order valence-corrected chi connectivity index (χ1v) is 6.60. The fraction of sp³-hybridized carbons (Fsp3) is 0.600. The molecule has 1 aromatic carbocycles. The Hall–Kier alpha value is -0.860. The Morgan fingerprint density at radius 1 is 1.24 bits per heavy atom. The maximum atomic E-state index is 6.27. The number of benzene rings is 1. The van der Waals surface area contributed by atoms with E-state index in [1.165, 1.54) is 23.1 Å². The van der Waals surface area contributed by atoms with Crippen molar-refractivity contribution in [3.63, 3.8) is 0 Å². The van der Waals surface area contributed by atoms with Crippen molar-refractivity contribution < 1.29 is 0 Å². The molecule has 2 heteroatoms. The quantitative estimate of drug-likeness (QED) is 0.864. The minimum Gasteiger partial charge on any atom is -0.323 e. The summed E-state index contributed by atoms with van der Waals surface area (Å²) in [5, 5.41) is 0. The molecule has 1 fully saturated rings. The van der Waals surface area contributed by atoms with Crippen LogP contribution in [-0.4, -0.2) is 23.5 Å². The summed E-state index contributed by atoms with van der Waals surface area (Å²) in [6.45, 7) is 9.69. The molecule has 0 spiro atoms. The van der Waals surface area contributed by atoms with Gasteiger partial charge in [0.1, 0.15) is 0 Å². The molecule has 0 aromatic heterocycles. The minimum atomic E-state index is 0.0918. The summed E-state index contributed by atoms with van der Waals surface area (Å²) in [6, 6.07) is 6.75. The molecule has 0 bridgehead atoms. The van der Waals surface area contributed by atoms with Crippen molar-refractivity contribution in [2.24, 2.45) is 5.73 Å². The van der Waals surface area contributed by atoms with Crippen LogP contribution in [-0.2, 0) is 6.54 Å². The number of rotatable bonds is 4. The van der Waals surface area contributed by atoms with Crippen LogP contribution in [0.5, 0.6) is 0 Å². The fourth-order valence-corrected chi connectivity index (χ4v) is 2.77. The topological polar surface area (TPSA) is 29.3 Å². The molecule has 17 heavy (non-hydrogen) atoms. The maximum absolute atomic E-state index is 6.27. The average Bonchev–Trinajstić information content (AvgIpc) is 2.22. The SMILES string of the molecule is CCCC1(N)CN(Cc2ccc(C)c(C)c2)C1. The number of nitrogens with two attached hydrogens (primary N) is 1. The zero-order valence-electron chi connectivity index (χ0n) is 11.3. The second kappa shape index (κ2) is 4.79. The molecule has 94 valence electrons. The van der Waals surface area contributed by atoms with Crippen LogP contribution in [0.15, 0.2) is 18.2 Å². The van der Waals surface area contributed by atoms with Gasteiger partial charge >= 0.3 is 0 Å². The Bertz CT molecular complexity index is 392. The number of aryl methyl sites for hydroxylation is 2. The van der Waals surface area contributed by atoms with Gasteiger partial charge in [0.25, 0.3) is 0 Å². The molecule has 1 aromatic rings. The summed E-state index contributed by atoms with van der Waals surface area (Å²) in [7, 11) is 0. The molecule has 2 nitrogen and oxygen atoms in total. The van der Waals surface area contributed by atoms with Crippen LogP contribution in [0.3, 0.4) is 0 Å². The summed E-state index contributed by atoms with van der Waals surface area (Å²) in [5.41, 5.74) is 10.5. The van der Waals surface area contributed by atoms with Crippen LogP contribution < -0.4 is 5.73 Å². The van der Waals surface area contributed by atoms with Crippen LogP contribution in [0, 0.1) is 13.8 Å². The molecule has 2 rings (SSSR count). The molecular weight excluding hydrogens is 208 g/mol. The lowest BCUT2D eigenvalue weighted by atomic mass is 9.86. The molecule has 0 saturated carbocycles. The molecule has 0 amide bonds. The molecule has 1 heterocycles. The Morgan fingerprint density at radius 2 is 1.94 bits per heavy atom. The zero-order chi connectivity index (χ0) is 12.5. The van der Waals surface area contributed by atoms with E-state index in [2.05, 4.69) is 43.9 Å². The summed E-state index contributed by atoms with van der Waals surface area (Å²) in [5.74, 6) is 0. The van der Waals surface area contributed by atoms with Crippen LogP contribution in [0.1, 0.15) is 36.5 Å². The zero-order valence-corrected chi connectivity index (χ0v) is 11.3. The van der Waals surface area contributed by atoms with Gasteiger partial charge in [-0.05, 0) is 37.0 Å². The summed E-state index contributed by atoms with van der Waals surface area (Å²) >= 11 is 0. The molecule has 0 unspecified atom stereocenters. The predicted molar refractivity (Wildman–Crippen MR) is 73.0 cm³/mol. The second-order valence-electron chi connectivity index (χ2n) is 5.68. The predicted octanol–water partition coefficient (Wildman–Crippen LogP) is 2.62. The highest BCUT2D eigenvalue weighted by molar-refractivity contribution is 5.30. The van der Waals surface area contributed by atoms with Gasteiger partial charge in [-0.2, -0.15) is 0 Å². The van der Waals surface area contributed by atoms with Crippen molar-refractivity contribution in [1.29, 1.82) is 0 Å². The number of likely N-dealkylation sites (tertiary alicyclic amines) is 1. The average molecular weight is 232 g/mol. The van der Waals surface area contributed by atoms with Crippen LogP contribution in [0.25, 0.3) is 0 Å². The molecule has 1 aliphatic rings. The first-order chi connectivity index (χ1) is 8.02. The lowest BCUT2D eigenvalue weighted by Gasteiger charge is -2.48. The van der Waals surface area contributed by atoms with Gasteiger partial charge in [-0.3, -0.25) is 4.90 Å². The molecule has 0 aliphatic carbocycles. The molecule has 0 atom stereocenters. The van der Waals surface area contributed by atoms with Gasteiger partial charge in [0.05, 0.1) is 0 Å². The van der Waals surface area contributed by atoms with E-state index in [4.69, 9.17) is 5.73 Å². The van der Waals surface area contributed by atoms with E-state index in [1.54, 1.807) is 0 Å². The highest BCUT2D eigenvalue weighted by Gasteiger charge is 2.37. The highest BCUT2D eigenvalue weighted by atomic mass is 15.2. The van der Waals surface area contributed by atoms with Gasteiger partial charge in [-0.1, -0.05) is 31.5 Å². The van der Waals surface area contributed by atoms with E-state index < -0.39 is 0 Å². The molecular formula is C15H24N2. The molecule has 1 saturated heterocycles. The molecule has 2 N–H and O–H groups in total. The summed E-state index contributed by atoms with van der Waals surface area (Å²) < 4.78 is 0. The maximum Gasteiger partial charge on any atom is 0.0412 e. The van der Waals surface area contributed by atoms with E-state index in [0.29, 0.717) is 0 Å². The van der Waals surface area contributed by atoms with Gasteiger partial charge < -0.3 is 5.73 Å². The van der Waals surface area contributed by atoms with Crippen molar-refractivity contribution >= 4 is 0 Å². The summed E-state index contributed by atoms with van der Waals surface area (Å²) in [6.07, 6.45) is 2.34. The lowest BCUT2D eigenvalue weighted by Crippen LogP contribution is -2.66. The lowest BCUT2D eigenvalue weighted by molar-refractivity contribution is 0.0567. The Balaban J connectivity index is 1.89. The van der Waals surface area contributed by atoms with Gasteiger partial charge in [-0.25, -0.2) is 0 Å². The monoisotopic (exact) mass is 232 g/mol. The van der Waals surface area contributed by atoms with Crippen molar-refractivity contribution in [2.75, 3.05) is 13.1 Å². The third kappa shape index (κ3) is 2.88. The van der Waals surface area contributed by atoms with Crippen LogP contribution >= 0.6 is 0 Å². The van der Waals surface area contributed by atoms with Crippen molar-refractivity contribution in [3.8, 4) is 0 Å². The Kier molecular flexibility index (Phi) is 3.55. The van der Waals surface area contributed by atoms with Crippen molar-refractivity contribution in [3.05, 3.63) is 34.9 Å². The number of hydrogen-bond donors (Lipinski definition) is 1. The van der Waals surface area contributed by atoms with E-state index >= 15 is 0 Å². The number of nitrogens with zero attached hydrogens (tertiary/aromatic N) is 1. The van der Waals surface area contributed by atoms with Gasteiger partial charge in [0.2, 0.25) is 0 Å². The van der Waals surface area contributed by atoms with E-state index in [9.17, 15) is 0 Å². The van der Waals surface area contributed by atoms with Gasteiger partial charge in [0.15, 0.2) is 0 Å². The van der Waals surface area contributed by atoms with Crippen LogP contribution in [0.4, 0.5) is 0 Å². The summed E-state index contributed by atoms with van der Waals surface area (Å²) in [4.78, 5) is 2.44. The first kappa shape index (κ1) is 12.6. The first-order valence-electron chi connectivity index (χ1n) is 6.60. The van der Waals surface area contributed by atoms with Crippen molar-refractivity contribution in [2.45, 2.75) is 45.7 Å². The van der Waals surface area contributed by atoms with Crippen LogP contribution in [0.2, 0.25) is 0 Å². The van der Waals surface area contributed by atoms with Gasteiger partial charge in [0, 0.05) is 25.2 Å². The largest absolute Gasteiger partial charge is 0.323 e. The van der Waals surface area contributed by atoms with E-state index in [0.717, 1.165) is 26.1 Å². The third-order valence-electron chi connectivity index (χ3n) is 3.80. The molecule has 0 radical (unpaired) electrons. The Labute approximate surface area is 105 Å². The van der Waals surface area contributed by atoms with Gasteiger partial charge in [-0.15, -0.1) is 0 Å². The third-order valence-corrected chi connectivity index (χ3v) is 3.80. The van der Waals surface area contributed by atoms with Crippen molar-refractivity contribution in [1.82, 2.24) is 4.90 Å². The second-order valence-corrected chi connectivity index (χ2v) is 5.68. The normalized spacial score (nSPS) is 19.1. The molecule has 1 aliphatic heterocycles. The minimum absolute atomic E-state index is 0.0918. The standard InChI is InChI=1S/C15H24N2/c1-4-7-15(16)10-17(11-15)9-14-6-5-12(2)13(3)8-14/h5-6,8H,4,7,9-11,16H2,1-3H3.